The Balaban J connectivity index is 2.06. The van der Waals surface area contributed by atoms with E-state index >= 15 is 0 Å². The lowest BCUT2D eigenvalue weighted by atomic mass is 10.1. The average Bonchev–Trinajstić information content (AvgIpc) is 2.89. The molecule has 1 aromatic heterocycles. The van der Waals surface area contributed by atoms with Crippen molar-refractivity contribution in [3.8, 4) is 0 Å². The summed E-state index contributed by atoms with van der Waals surface area (Å²) in [6, 6.07) is 1.44. The average molecular weight is 266 g/mol. The van der Waals surface area contributed by atoms with Gasteiger partial charge in [0.05, 0.1) is 19.5 Å². The fraction of sp³-hybridized carbons (Fsp3) is 0.571. The van der Waals surface area contributed by atoms with Crippen molar-refractivity contribution in [2.45, 2.75) is 38.5 Å². The first-order chi connectivity index (χ1) is 9.29. The number of rotatable bonds is 0. The molecule has 0 amide bonds. The van der Waals surface area contributed by atoms with Gasteiger partial charge in [0.2, 0.25) is 5.76 Å². The molecule has 5 nitrogen and oxygen atoms in total. The monoisotopic (exact) mass is 266 g/mol. The van der Waals surface area contributed by atoms with Crippen LogP contribution in [-0.4, -0.2) is 25.2 Å². The van der Waals surface area contributed by atoms with Crippen molar-refractivity contribution < 1.29 is 23.5 Å². The zero-order valence-electron chi connectivity index (χ0n) is 10.9. The number of esters is 2. The lowest BCUT2D eigenvalue weighted by Gasteiger charge is -2.07. The van der Waals surface area contributed by atoms with E-state index in [0.29, 0.717) is 13.2 Å². The van der Waals surface area contributed by atoms with Gasteiger partial charge < -0.3 is 13.9 Å². The molecule has 0 bridgehead atoms. The molecule has 1 aromatic rings. The van der Waals surface area contributed by atoms with E-state index in [2.05, 4.69) is 0 Å². The van der Waals surface area contributed by atoms with Gasteiger partial charge in [-0.05, 0) is 18.9 Å². The summed E-state index contributed by atoms with van der Waals surface area (Å²) in [5.74, 6) is -1.20. The molecule has 1 aliphatic heterocycles. The zero-order chi connectivity index (χ0) is 13.5. The number of carbonyl (C=O) groups excluding carboxylic acids is 2. The third kappa shape index (κ3) is 3.84. The molecule has 0 unspecified atom stereocenters. The van der Waals surface area contributed by atoms with Crippen molar-refractivity contribution in [2.75, 3.05) is 13.2 Å². The van der Waals surface area contributed by atoms with Crippen molar-refractivity contribution >= 4 is 11.9 Å². The van der Waals surface area contributed by atoms with Crippen LogP contribution in [0.4, 0.5) is 0 Å². The first-order valence-corrected chi connectivity index (χ1v) is 6.71. The second kappa shape index (κ2) is 6.97. The van der Waals surface area contributed by atoms with Crippen LogP contribution in [0.2, 0.25) is 0 Å². The van der Waals surface area contributed by atoms with Crippen LogP contribution in [0.5, 0.6) is 0 Å². The summed E-state index contributed by atoms with van der Waals surface area (Å²) in [7, 11) is 0. The molecule has 0 N–H and O–H groups in total. The topological polar surface area (TPSA) is 65.7 Å². The molecular weight excluding hydrogens is 248 g/mol. The fourth-order valence-electron chi connectivity index (χ4n) is 2.01. The van der Waals surface area contributed by atoms with Gasteiger partial charge in [0.1, 0.15) is 5.56 Å². The largest absolute Gasteiger partial charge is 0.462 e. The Morgan fingerprint density at radius 1 is 0.789 bits per heavy atom. The fourth-order valence-corrected chi connectivity index (χ4v) is 2.01. The standard InChI is InChI=1S/C14H18O5/c15-13-11-7-10-17-12(11)14(16)19-9-6-4-2-1-3-5-8-18-13/h7,10H,1-6,8-9H2. The van der Waals surface area contributed by atoms with E-state index in [1.807, 2.05) is 0 Å². The molecule has 1 aliphatic rings. The van der Waals surface area contributed by atoms with Gasteiger partial charge >= 0.3 is 11.9 Å². The second-order valence-electron chi connectivity index (χ2n) is 4.56. The van der Waals surface area contributed by atoms with E-state index in [1.54, 1.807) is 0 Å². The number of carbonyl (C=O) groups is 2. The van der Waals surface area contributed by atoms with E-state index in [-0.39, 0.29) is 11.3 Å². The van der Waals surface area contributed by atoms with Gasteiger partial charge in [-0.3, -0.25) is 0 Å². The van der Waals surface area contributed by atoms with Gasteiger partial charge in [-0.1, -0.05) is 25.7 Å². The van der Waals surface area contributed by atoms with Crippen molar-refractivity contribution in [1.82, 2.24) is 0 Å². The molecule has 0 fully saturated rings. The Morgan fingerprint density at radius 2 is 1.37 bits per heavy atom. The molecule has 0 aliphatic carbocycles. The number of furan rings is 1. The van der Waals surface area contributed by atoms with Crippen LogP contribution in [0, 0.1) is 0 Å². The smallest absolute Gasteiger partial charge is 0.375 e. The van der Waals surface area contributed by atoms with Gasteiger partial charge in [0.15, 0.2) is 0 Å². The molecule has 0 saturated heterocycles. The number of hydrogen-bond acceptors (Lipinski definition) is 5. The molecule has 0 atom stereocenters. The van der Waals surface area contributed by atoms with E-state index in [9.17, 15) is 9.59 Å². The van der Waals surface area contributed by atoms with Crippen LogP contribution in [0.25, 0.3) is 0 Å². The number of fused-ring (bicyclic) bond motifs is 1. The van der Waals surface area contributed by atoms with Crippen molar-refractivity contribution in [2.24, 2.45) is 0 Å². The van der Waals surface area contributed by atoms with Gasteiger partial charge in [-0.15, -0.1) is 0 Å². The molecule has 0 aromatic carbocycles. The van der Waals surface area contributed by atoms with Crippen LogP contribution < -0.4 is 0 Å². The number of hydrogen-bond donors (Lipinski definition) is 0. The Hall–Kier alpha value is -1.78. The van der Waals surface area contributed by atoms with E-state index in [0.717, 1.165) is 38.5 Å². The predicted molar refractivity (Wildman–Crippen MR) is 67.0 cm³/mol. The summed E-state index contributed by atoms with van der Waals surface area (Å²) < 4.78 is 15.2. The van der Waals surface area contributed by atoms with Gasteiger partial charge in [0.25, 0.3) is 0 Å². The molecule has 0 saturated carbocycles. The molecule has 2 rings (SSSR count). The summed E-state index contributed by atoms with van der Waals surface area (Å²) >= 11 is 0. The second-order valence-corrected chi connectivity index (χ2v) is 4.56. The lowest BCUT2D eigenvalue weighted by Crippen LogP contribution is -2.13. The molecule has 2 heterocycles. The first-order valence-electron chi connectivity index (χ1n) is 6.71. The molecule has 0 radical (unpaired) electrons. The van der Waals surface area contributed by atoms with Gasteiger partial charge in [-0.25, -0.2) is 9.59 Å². The Morgan fingerprint density at radius 3 is 2.05 bits per heavy atom. The highest BCUT2D eigenvalue weighted by Crippen LogP contribution is 2.15. The van der Waals surface area contributed by atoms with Crippen molar-refractivity contribution in [3.63, 3.8) is 0 Å². The highest BCUT2D eigenvalue weighted by atomic mass is 16.5. The van der Waals surface area contributed by atoms with E-state index in [4.69, 9.17) is 13.9 Å². The summed E-state index contributed by atoms with van der Waals surface area (Å²) in [5, 5.41) is 0. The van der Waals surface area contributed by atoms with Gasteiger partial charge in [-0.2, -0.15) is 0 Å². The van der Waals surface area contributed by atoms with Crippen LogP contribution in [0.3, 0.4) is 0 Å². The Bertz CT molecular complexity index is 396. The Labute approximate surface area is 111 Å². The van der Waals surface area contributed by atoms with Crippen molar-refractivity contribution in [1.29, 1.82) is 0 Å². The minimum atomic E-state index is -0.603. The molecule has 104 valence electrons. The third-order valence-corrected chi connectivity index (χ3v) is 3.08. The highest BCUT2D eigenvalue weighted by Gasteiger charge is 2.23. The lowest BCUT2D eigenvalue weighted by molar-refractivity contribution is 0.0419. The summed E-state index contributed by atoms with van der Waals surface area (Å²) in [5.41, 5.74) is 0.141. The van der Waals surface area contributed by atoms with Crippen LogP contribution in [-0.2, 0) is 9.47 Å². The number of cyclic esters (lactones) is 2. The van der Waals surface area contributed by atoms with Crippen molar-refractivity contribution in [3.05, 3.63) is 23.7 Å². The third-order valence-electron chi connectivity index (χ3n) is 3.08. The van der Waals surface area contributed by atoms with Crippen LogP contribution in [0.15, 0.2) is 16.7 Å². The van der Waals surface area contributed by atoms with E-state index in [1.165, 1.54) is 12.3 Å². The zero-order valence-corrected chi connectivity index (χ0v) is 10.9. The molecule has 5 heteroatoms. The molecule has 0 spiro atoms. The number of ether oxygens (including phenoxy) is 2. The molecular formula is C14H18O5. The maximum atomic E-state index is 11.8. The van der Waals surface area contributed by atoms with Gasteiger partial charge in [0, 0.05) is 0 Å². The highest BCUT2D eigenvalue weighted by molar-refractivity contribution is 6.01. The quantitative estimate of drug-likeness (QED) is 0.675. The minimum Gasteiger partial charge on any atom is -0.462 e. The summed E-state index contributed by atoms with van der Waals surface area (Å²) in [6.45, 7) is 0.729. The maximum absolute atomic E-state index is 11.8. The predicted octanol–water partition coefficient (Wildman–Crippen LogP) is 2.95. The first kappa shape index (κ1) is 13.6. The van der Waals surface area contributed by atoms with E-state index < -0.39 is 11.9 Å². The molecule has 19 heavy (non-hydrogen) atoms. The van der Waals surface area contributed by atoms with Crippen LogP contribution >= 0.6 is 0 Å². The normalized spacial score (nSPS) is 18.9. The summed E-state index contributed by atoms with van der Waals surface area (Å²) in [6.07, 6.45) is 7.30. The summed E-state index contributed by atoms with van der Waals surface area (Å²) in [4.78, 5) is 23.6. The van der Waals surface area contributed by atoms with Crippen LogP contribution in [0.1, 0.15) is 59.4 Å². The SMILES string of the molecule is O=C1OCCCCCCCCOC(=O)c2occc21. The maximum Gasteiger partial charge on any atom is 0.375 e. The minimum absolute atomic E-state index is 0.0675. The Kier molecular flexibility index (Phi) is 5.01.